The molecule has 2 nitrogen and oxygen atoms in total. The van der Waals surface area contributed by atoms with Crippen LogP contribution in [0.5, 0.6) is 0 Å². The summed E-state index contributed by atoms with van der Waals surface area (Å²) in [6.45, 7) is 1.57. The minimum absolute atomic E-state index is 0.525. The number of thiazole rings is 1. The van der Waals surface area contributed by atoms with Crippen LogP contribution in [0.4, 0.5) is 4.39 Å². The van der Waals surface area contributed by atoms with Gasteiger partial charge in [-0.05, 0) is 25.2 Å². The number of hydrogen-bond donors (Lipinski definition) is 0. The number of halogens is 2. The average Bonchev–Trinajstić information content (AvgIpc) is 2.77. The van der Waals surface area contributed by atoms with E-state index in [0.717, 1.165) is 23.3 Å². The smallest absolute Gasteiger partial charge is 0.164 e. The molecule has 0 unspecified atom stereocenters. The zero-order valence-corrected chi connectivity index (χ0v) is 11.7. The van der Waals surface area contributed by atoms with Gasteiger partial charge in [-0.25, -0.2) is 9.37 Å². The first-order valence-corrected chi connectivity index (χ1v) is 7.20. The summed E-state index contributed by atoms with van der Waals surface area (Å²) in [5.41, 5.74) is -0.457. The molecular formula is C13H14ClFN2S. The second-order valence-corrected chi connectivity index (χ2v) is 6.37. The van der Waals surface area contributed by atoms with E-state index in [4.69, 9.17) is 11.6 Å². The molecule has 0 aliphatic carbocycles. The van der Waals surface area contributed by atoms with Crippen molar-refractivity contribution >= 4 is 33.2 Å². The lowest BCUT2D eigenvalue weighted by Crippen LogP contribution is -2.37. The maximum Gasteiger partial charge on any atom is 0.164 e. The maximum absolute atomic E-state index is 14.9. The maximum atomic E-state index is 14.9. The molecule has 0 radical (unpaired) electrons. The predicted molar refractivity (Wildman–Crippen MR) is 74.1 cm³/mol. The van der Waals surface area contributed by atoms with Crippen molar-refractivity contribution < 1.29 is 4.39 Å². The molecule has 0 bridgehead atoms. The van der Waals surface area contributed by atoms with E-state index in [-0.39, 0.29) is 0 Å². The van der Waals surface area contributed by atoms with E-state index >= 15 is 0 Å². The molecule has 96 valence electrons. The summed E-state index contributed by atoms with van der Waals surface area (Å²) in [6.07, 6.45) is 1.05. The fraction of sp³-hybridized carbons (Fsp3) is 0.462. The molecule has 0 atom stereocenters. The van der Waals surface area contributed by atoms with Crippen LogP contribution in [-0.2, 0) is 5.67 Å². The Labute approximate surface area is 114 Å². The molecule has 1 aromatic carbocycles. The van der Waals surface area contributed by atoms with E-state index in [1.165, 1.54) is 11.3 Å². The van der Waals surface area contributed by atoms with Crippen molar-refractivity contribution in [3.05, 3.63) is 28.2 Å². The van der Waals surface area contributed by atoms with Crippen molar-refractivity contribution in [2.45, 2.75) is 18.5 Å². The van der Waals surface area contributed by atoms with E-state index in [9.17, 15) is 4.39 Å². The van der Waals surface area contributed by atoms with Crippen LogP contribution in [0.25, 0.3) is 10.2 Å². The van der Waals surface area contributed by atoms with Gasteiger partial charge in [0, 0.05) is 31.0 Å². The molecule has 1 aliphatic rings. The van der Waals surface area contributed by atoms with Crippen LogP contribution in [0.3, 0.4) is 0 Å². The zero-order valence-electron chi connectivity index (χ0n) is 10.1. The Morgan fingerprint density at radius 1 is 1.39 bits per heavy atom. The van der Waals surface area contributed by atoms with Gasteiger partial charge in [0.15, 0.2) is 5.67 Å². The second-order valence-electron chi connectivity index (χ2n) is 4.90. The summed E-state index contributed by atoms with van der Waals surface area (Å²) in [5, 5.41) is 1.25. The van der Waals surface area contributed by atoms with E-state index < -0.39 is 5.67 Å². The second kappa shape index (κ2) is 4.44. The lowest BCUT2D eigenvalue weighted by molar-refractivity contribution is 0.0673. The van der Waals surface area contributed by atoms with Crippen molar-refractivity contribution in [3.8, 4) is 0 Å². The van der Waals surface area contributed by atoms with Crippen molar-refractivity contribution in [1.82, 2.24) is 9.88 Å². The highest BCUT2D eigenvalue weighted by Gasteiger charge is 2.38. The lowest BCUT2D eigenvalue weighted by atomic mass is 9.94. The van der Waals surface area contributed by atoms with Gasteiger partial charge < -0.3 is 4.90 Å². The van der Waals surface area contributed by atoms with Crippen molar-refractivity contribution in [2.24, 2.45) is 0 Å². The summed E-state index contributed by atoms with van der Waals surface area (Å²) < 4.78 is 15.9. The zero-order chi connectivity index (χ0) is 12.8. The Morgan fingerprint density at radius 2 is 2.11 bits per heavy atom. The monoisotopic (exact) mass is 284 g/mol. The predicted octanol–water partition coefficient (Wildman–Crippen LogP) is 3.84. The van der Waals surface area contributed by atoms with Gasteiger partial charge in [0.05, 0.1) is 10.2 Å². The molecule has 2 heterocycles. The number of nitrogens with zero attached hydrogens (tertiary/aromatic N) is 2. The van der Waals surface area contributed by atoms with Gasteiger partial charge in [-0.2, -0.15) is 0 Å². The van der Waals surface area contributed by atoms with Gasteiger partial charge in [0.1, 0.15) is 5.01 Å². The molecule has 1 aromatic heterocycles. The van der Waals surface area contributed by atoms with Crippen LogP contribution in [0, 0.1) is 0 Å². The highest BCUT2D eigenvalue weighted by Crippen LogP contribution is 2.40. The number of piperidine rings is 1. The number of benzene rings is 1. The van der Waals surface area contributed by atoms with Crippen molar-refractivity contribution in [3.63, 3.8) is 0 Å². The first-order chi connectivity index (χ1) is 8.57. The lowest BCUT2D eigenvalue weighted by Gasteiger charge is -2.32. The van der Waals surface area contributed by atoms with Gasteiger partial charge in [-0.15, -0.1) is 11.3 Å². The van der Waals surface area contributed by atoms with Crippen LogP contribution < -0.4 is 0 Å². The Bertz CT molecular complexity index is 575. The van der Waals surface area contributed by atoms with Crippen LogP contribution in [0.2, 0.25) is 5.02 Å². The minimum atomic E-state index is -1.26. The Balaban J connectivity index is 1.98. The summed E-state index contributed by atoms with van der Waals surface area (Å²) in [6, 6.07) is 5.54. The molecule has 2 aromatic rings. The Kier molecular flexibility index (Phi) is 3.04. The fourth-order valence-corrected chi connectivity index (χ4v) is 3.53. The number of fused-ring (bicyclic) bond motifs is 1. The molecule has 3 rings (SSSR count). The van der Waals surface area contributed by atoms with Gasteiger partial charge >= 0.3 is 0 Å². The van der Waals surface area contributed by atoms with Crippen LogP contribution >= 0.6 is 22.9 Å². The van der Waals surface area contributed by atoms with Crippen molar-refractivity contribution in [1.29, 1.82) is 0 Å². The molecule has 0 N–H and O–H groups in total. The van der Waals surface area contributed by atoms with Crippen LogP contribution in [0.15, 0.2) is 18.2 Å². The number of aromatic nitrogens is 1. The number of hydrogen-bond acceptors (Lipinski definition) is 3. The number of alkyl halides is 1. The van der Waals surface area contributed by atoms with E-state index in [1.807, 2.05) is 19.2 Å². The summed E-state index contributed by atoms with van der Waals surface area (Å²) >= 11 is 7.38. The molecule has 0 spiro atoms. The third-order valence-corrected chi connectivity index (χ3v) is 4.96. The Morgan fingerprint density at radius 3 is 2.83 bits per heavy atom. The summed E-state index contributed by atoms with van der Waals surface area (Å²) in [5.74, 6) is 0. The summed E-state index contributed by atoms with van der Waals surface area (Å²) in [4.78, 5) is 6.59. The largest absolute Gasteiger partial charge is 0.306 e. The van der Waals surface area contributed by atoms with Crippen LogP contribution in [-0.4, -0.2) is 30.0 Å². The van der Waals surface area contributed by atoms with Crippen molar-refractivity contribution in [2.75, 3.05) is 20.1 Å². The molecule has 1 fully saturated rings. The highest BCUT2D eigenvalue weighted by atomic mass is 35.5. The van der Waals surface area contributed by atoms with Gasteiger partial charge in [0.2, 0.25) is 0 Å². The van der Waals surface area contributed by atoms with E-state index in [2.05, 4.69) is 9.88 Å². The SMILES string of the molecule is CN1CCC(F)(c2nc3cc(Cl)ccc3s2)CC1. The van der Waals surface area contributed by atoms with Gasteiger partial charge in [-0.1, -0.05) is 11.6 Å². The molecule has 1 aliphatic heterocycles. The molecule has 0 amide bonds. The first-order valence-electron chi connectivity index (χ1n) is 6.01. The van der Waals surface area contributed by atoms with E-state index in [0.29, 0.717) is 22.9 Å². The normalized spacial score (nSPS) is 20.4. The Hall–Kier alpha value is -0.710. The third-order valence-electron chi connectivity index (χ3n) is 3.51. The fourth-order valence-electron chi connectivity index (χ4n) is 2.28. The van der Waals surface area contributed by atoms with E-state index in [1.54, 1.807) is 6.07 Å². The molecule has 18 heavy (non-hydrogen) atoms. The quantitative estimate of drug-likeness (QED) is 0.791. The molecule has 0 saturated carbocycles. The topological polar surface area (TPSA) is 16.1 Å². The highest BCUT2D eigenvalue weighted by molar-refractivity contribution is 7.18. The number of rotatable bonds is 1. The molecule has 5 heteroatoms. The standard InChI is InChI=1S/C13H14ClFN2S/c1-17-6-4-13(15,5-7-17)12-16-10-8-9(14)2-3-11(10)18-12/h2-3,8H,4-7H2,1H3. The molecular weight excluding hydrogens is 271 g/mol. The summed E-state index contributed by atoms with van der Waals surface area (Å²) in [7, 11) is 2.03. The van der Waals surface area contributed by atoms with Crippen LogP contribution in [0.1, 0.15) is 17.8 Å². The van der Waals surface area contributed by atoms with Gasteiger partial charge in [-0.3, -0.25) is 0 Å². The first kappa shape index (κ1) is 12.3. The average molecular weight is 285 g/mol. The molecule has 1 saturated heterocycles. The minimum Gasteiger partial charge on any atom is -0.306 e. The van der Waals surface area contributed by atoms with Gasteiger partial charge in [0.25, 0.3) is 0 Å². The third kappa shape index (κ3) is 2.13. The number of likely N-dealkylation sites (tertiary alicyclic amines) is 1.